The Morgan fingerprint density at radius 1 is 1.47 bits per heavy atom. The lowest BCUT2D eigenvalue weighted by Gasteiger charge is -2.35. The standard InChI is InChI=1S/C12H22N2O3/c1-9(2)12(5-6-13-8-12)11(17)14(3)7-4-10(15)16/h9,13H,4-8H2,1-3H3,(H,15,16). The first-order valence-electron chi connectivity index (χ1n) is 6.08. The zero-order valence-electron chi connectivity index (χ0n) is 10.8. The van der Waals surface area contributed by atoms with Crippen LogP contribution in [0, 0.1) is 11.3 Å². The van der Waals surface area contributed by atoms with Crippen LogP contribution in [0.25, 0.3) is 0 Å². The SMILES string of the molecule is CC(C)C1(C(=O)N(C)CCC(=O)O)CCNC1. The van der Waals surface area contributed by atoms with E-state index < -0.39 is 5.97 Å². The van der Waals surface area contributed by atoms with Crippen LogP contribution in [-0.2, 0) is 9.59 Å². The van der Waals surface area contributed by atoms with Gasteiger partial charge in [0.15, 0.2) is 0 Å². The second kappa shape index (κ2) is 5.49. The molecule has 98 valence electrons. The van der Waals surface area contributed by atoms with Crippen LogP contribution in [0.15, 0.2) is 0 Å². The smallest absolute Gasteiger partial charge is 0.305 e. The first-order valence-corrected chi connectivity index (χ1v) is 6.08. The number of hydrogen-bond donors (Lipinski definition) is 2. The number of amides is 1. The topological polar surface area (TPSA) is 69.6 Å². The third kappa shape index (κ3) is 2.97. The zero-order chi connectivity index (χ0) is 13.1. The van der Waals surface area contributed by atoms with E-state index in [1.165, 1.54) is 0 Å². The summed E-state index contributed by atoms with van der Waals surface area (Å²) in [7, 11) is 1.69. The predicted molar refractivity (Wildman–Crippen MR) is 64.6 cm³/mol. The third-order valence-corrected chi connectivity index (χ3v) is 3.73. The molecule has 1 aliphatic heterocycles. The van der Waals surface area contributed by atoms with Gasteiger partial charge in [-0.25, -0.2) is 0 Å². The van der Waals surface area contributed by atoms with Gasteiger partial charge in [-0.2, -0.15) is 0 Å². The fourth-order valence-electron chi connectivity index (χ4n) is 2.38. The maximum absolute atomic E-state index is 12.4. The second-order valence-electron chi connectivity index (χ2n) is 5.11. The number of carbonyl (C=O) groups excluding carboxylic acids is 1. The summed E-state index contributed by atoms with van der Waals surface area (Å²) >= 11 is 0. The number of carboxylic acid groups (broad SMARTS) is 1. The highest BCUT2D eigenvalue weighted by molar-refractivity contribution is 5.84. The maximum Gasteiger partial charge on any atom is 0.305 e. The molecule has 0 aliphatic carbocycles. The van der Waals surface area contributed by atoms with Gasteiger partial charge in [0.05, 0.1) is 11.8 Å². The molecule has 0 radical (unpaired) electrons. The van der Waals surface area contributed by atoms with Gasteiger partial charge in [-0.15, -0.1) is 0 Å². The van der Waals surface area contributed by atoms with Crippen LogP contribution in [0.3, 0.4) is 0 Å². The minimum atomic E-state index is -0.868. The molecule has 1 amide bonds. The summed E-state index contributed by atoms with van der Waals surface area (Å²) in [5.41, 5.74) is -0.354. The molecule has 1 fully saturated rings. The molecule has 0 aromatic rings. The van der Waals surface area contributed by atoms with Gasteiger partial charge in [-0.3, -0.25) is 9.59 Å². The molecule has 1 atom stereocenters. The lowest BCUT2D eigenvalue weighted by atomic mass is 9.75. The number of rotatable bonds is 5. The van der Waals surface area contributed by atoms with Crippen molar-refractivity contribution in [2.24, 2.45) is 11.3 Å². The third-order valence-electron chi connectivity index (χ3n) is 3.73. The number of nitrogens with zero attached hydrogens (tertiary/aromatic N) is 1. The molecule has 0 spiro atoms. The van der Waals surface area contributed by atoms with E-state index in [1.54, 1.807) is 11.9 Å². The summed E-state index contributed by atoms with van der Waals surface area (Å²) in [5, 5.41) is 11.9. The Morgan fingerprint density at radius 2 is 2.12 bits per heavy atom. The van der Waals surface area contributed by atoms with Gasteiger partial charge in [-0.05, 0) is 18.9 Å². The molecule has 5 nitrogen and oxygen atoms in total. The Morgan fingerprint density at radius 3 is 2.53 bits per heavy atom. The minimum absolute atomic E-state index is 0.00381. The van der Waals surface area contributed by atoms with Crippen molar-refractivity contribution in [1.82, 2.24) is 10.2 Å². The fourth-order valence-corrected chi connectivity index (χ4v) is 2.38. The maximum atomic E-state index is 12.4. The van der Waals surface area contributed by atoms with Crippen molar-refractivity contribution in [3.8, 4) is 0 Å². The summed E-state index contributed by atoms with van der Waals surface area (Å²) in [6.07, 6.45) is 0.838. The number of carbonyl (C=O) groups is 2. The van der Waals surface area contributed by atoms with Crippen LogP contribution in [0.1, 0.15) is 26.7 Å². The molecule has 0 bridgehead atoms. The number of carboxylic acids is 1. The van der Waals surface area contributed by atoms with Crippen LogP contribution in [-0.4, -0.2) is 48.6 Å². The van der Waals surface area contributed by atoms with E-state index in [1.807, 2.05) is 0 Å². The normalized spacial score (nSPS) is 24.0. The van der Waals surface area contributed by atoms with E-state index in [9.17, 15) is 9.59 Å². The molecule has 17 heavy (non-hydrogen) atoms. The average Bonchev–Trinajstić information content (AvgIpc) is 2.74. The number of aliphatic carboxylic acids is 1. The van der Waals surface area contributed by atoms with E-state index in [-0.39, 0.29) is 30.2 Å². The molecule has 1 aliphatic rings. The second-order valence-corrected chi connectivity index (χ2v) is 5.11. The Labute approximate surface area is 102 Å². The van der Waals surface area contributed by atoms with E-state index in [4.69, 9.17) is 5.11 Å². The highest BCUT2D eigenvalue weighted by Gasteiger charge is 2.45. The van der Waals surface area contributed by atoms with Gasteiger partial charge in [-0.1, -0.05) is 13.8 Å². The van der Waals surface area contributed by atoms with Crippen molar-refractivity contribution >= 4 is 11.9 Å². The summed E-state index contributed by atoms with van der Waals surface area (Å²) < 4.78 is 0. The number of nitrogens with one attached hydrogen (secondary N) is 1. The van der Waals surface area contributed by atoms with Gasteiger partial charge in [0.25, 0.3) is 0 Å². The van der Waals surface area contributed by atoms with E-state index in [2.05, 4.69) is 19.2 Å². The van der Waals surface area contributed by atoms with Crippen molar-refractivity contribution < 1.29 is 14.7 Å². The van der Waals surface area contributed by atoms with Gasteiger partial charge in [0, 0.05) is 20.1 Å². The van der Waals surface area contributed by atoms with Gasteiger partial charge in [0.2, 0.25) is 5.91 Å². The summed E-state index contributed by atoms with van der Waals surface area (Å²) in [6.45, 7) is 5.94. The molecule has 0 aromatic carbocycles. The van der Waals surface area contributed by atoms with Crippen LogP contribution in [0.4, 0.5) is 0 Å². The Hall–Kier alpha value is -1.10. The van der Waals surface area contributed by atoms with Crippen LogP contribution in [0.2, 0.25) is 0 Å². The molecule has 1 saturated heterocycles. The van der Waals surface area contributed by atoms with Crippen molar-refractivity contribution in [2.45, 2.75) is 26.7 Å². The molecule has 1 rings (SSSR count). The highest BCUT2D eigenvalue weighted by Crippen LogP contribution is 2.35. The molecule has 0 saturated carbocycles. The van der Waals surface area contributed by atoms with Crippen molar-refractivity contribution in [3.05, 3.63) is 0 Å². The molecule has 2 N–H and O–H groups in total. The van der Waals surface area contributed by atoms with E-state index in [0.717, 1.165) is 13.0 Å². The molecular weight excluding hydrogens is 220 g/mol. The predicted octanol–water partition coefficient (Wildman–Crippen LogP) is 0.555. The number of hydrogen-bond acceptors (Lipinski definition) is 3. The lowest BCUT2D eigenvalue weighted by molar-refractivity contribution is -0.143. The molecule has 1 heterocycles. The Balaban J connectivity index is 2.68. The minimum Gasteiger partial charge on any atom is -0.481 e. The van der Waals surface area contributed by atoms with Crippen LogP contribution < -0.4 is 5.32 Å². The largest absolute Gasteiger partial charge is 0.481 e. The molecule has 0 aromatic heterocycles. The summed E-state index contributed by atoms with van der Waals surface area (Å²) in [5.74, 6) is -0.538. The highest BCUT2D eigenvalue weighted by atomic mass is 16.4. The fraction of sp³-hybridized carbons (Fsp3) is 0.833. The van der Waals surface area contributed by atoms with Crippen LogP contribution >= 0.6 is 0 Å². The quantitative estimate of drug-likeness (QED) is 0.739. The average molecular weight is 242 g/mol. The van der Waals surface area contributed by atoms with Crippen molar-refractivity contribution in [3.63, 3.8) is 0 Å². The van der Waals surface area contributed by atoms with Crippen molar-refractivity contribution in [2.75, 3.05) is 26.7 Å². The van der Waals surface area contributed by atoms with E-state index in [0.29, 0.717) is 6.54 Å². The Kier molecular flexibility index (Phi) is 4.51. The Bertz CT molecular complexity index is 296. The molecule has 5 heteroatoms. The summed E-state index contributed by atoms with van der Waals surface area (Å²) in [4.78, 5) is 24.5. The monoisotopic (exact) mass is 242 g/mol. The van der Waals surface area contributed by atoms with Gasteiger partial charge >= 0.3 is 5.97 Å². The summed E-state index contributed by atoms with van der Waals surface area (Å²) in [6, 6.07) is 0. The van der Waals surface area contributed by atoms with Crippen molar-refractivity contribution in [1.29, 1.82) is 0 Å². The lowest BCUT2D eigenvalue weighted by Crippen LogP contribution is -2.47. The van der Waals surface area contributed by atoms with E-state index >= 15 is 0 Å². The first-order chi connectivity index (χ1) is 7.90. The molecule has 1 unspecified atom stereocenters. The van der Waals surface area contributed by atoms with Gasteiger partial charge < -0.3 is 15.3 Å². The first kappa shape index (κ1) is 14.0. The van der Waals surface area contributed by atoms with Gasteiger partial charge in [0.1, 0.15) is 0 Å². The zero-order valence-corrected chi connectivity index (χ0v) is 10.8. The van der Waals surface area contributed by atoms with Crippen LogP contribution in [0.5, 0.6) is 0 Å². The molecular formula is C12H22N2O3.